The molecular weight excluding hydrogens is 480 g/mol. The van der Waals surface area contributed by atoms with Gasteiger partial charge in [-0.15, -0.1) is 11.3 Å². The van der Waals surface area contributed by atoms with Crippen LogP contribution >= 0.6 is 27.3 Å². The minimum Gasteiger partial charge on any atom is -0.400 e. The van der Waals surface area contributed by atoms with Crippen molar-refractivity contribution in [1.29, 1.82) is 0 Å². The molecule has 0 spiro atoms. The summed E-state index contributed by atoms with van der Waals surface area (Å²) in [4.78, 5) is 15.7. The number of halogens is 1. The zero-order valence-electron chi connectivity index (χ0n) is 16.7. The smallest absolute Gasteiger partial charge is 0.400 e. The average Bonchev–Trinajstić information content (AvgIpc) is 3.37. The summed E-state index contributed by atoms with van der Waals surface area (Å²) in [5.41, 5.74) is 4.99. The van der Waals surface area contributed by atoms with Crippen LogP contribution in [0.3, 0.4) is 0 Å². The molecular formula is C22H17BrN4O3S. The van der Waals surface area contributed by atoms with Gasteiger partial charge in [-0.1, -0.05) is 34.1 Å². The predicted molar refractivity (Wildman–Crippen MR) is 125 cm³/mol. The van der Waals surface area contributed by atoms with E-state index in [1.165, 1.54) is 35.2 Å². The van der Waals surface area contributed by atoms with Crippen LogP contribution in [0, 0.1) is 24.0 Å². The Kier molecular flexibility index (Phi) is 5.97. The number of nitro groups is 1. The van der Waals surface area contributed by atoms with Gasteiger partial charge in [0.15, 0.2) is 5.76 Å². The maximum absolute atomic E-state index is 10.9. The molecule has 0 unspecified atom stereocenters. The van der Waals surface area contributed by atoms with E-state index in [1.807, 2.05) is 54.8 Å². The van der Waals surface area contributed by atoms with Crippen molar-refractivity contribution >= 4 is 45.1 Å². The Morgan fingerprint density at radius 1 is 1.10 bits per heavy atom. The molecule has 2 heterocycles. The van der Waals surface area contributed by atoms with Crippen molar-refractivity contribution in [2.24, 2.45) is 10.1 Å². The Hall–Kier alpha value is -3.30. The van der Waals surface area contributed by atoms with E-state index in [2.05, 4.69) is 28.0 Å². The molecule has 2 aromatic heterocycles. The van der Waals surface area contributed by atoms with Crippen molar-refractivity contribution in [2.75, 3.05) is 0 Å². The van der Waals surface area contributed by atoms with Gasteiger partial charge in [-0.05, 0) is 55.3 Å². The summed E-state index contributed by atoms with van der Waals surface area (Å²) in [5.74, 6) is -0.0470. The molecule has 0 atom stereocenters. The van der Waals surface area contributed by atoms with E-state index >= 15 is 0 Å². The van der Waals surface area contributed by atoms with Gasteiger partial charge in [-0.3, -0.25) is 10.1 Å². The van der Waals surface area contributed by atoms with Gasteiger partial charge < -0.3 is 4.42 Å². The quantitative estimate of drug-likeness (QED) is 0.187. The first-order valence-corrected chi connectivity index (χ1v) is 10.9. The number of furan rings is 1. The average molecular weight is 497 g/mol. The summed E-state index contributed by atoms with van der Waals surface area (Å²) in [5, 5.41) is 17.4. The third-order valence-corrected chi connectivity index (χ3v) is 5.98. The van der Waals surface area contributed by atoms with Crippen LogP contribution in [0.5, 0.6) is 0 Å². The van der Waals surface area contributed by atoms with Crippen molar-refractivity contribution in [2.45, 2.75) is 13.8 Å². The fraction of sp³-hybridized carbons (Fsp3) is 0.0909. The fourth-order valence-electron chi connectivity index (χ4n) is 2.84. The highest BCUT2D eigenvalue weighted by molar-refractivity contribution is 9.10. The van der Waals surface area contributed by atoms with Gasteiger partial charge in [-0.2, -0.15) is 5.10 Å². The van der Waals surface area contributed by atoms with Crippen LogP contribution in [0.4, 0.5) is 11.6 Å². The number of hydrogen-bond acceptors (Lipinski definition) is 6. The van der Waals surface area contributed by atoms with Crippen molar-refractivity contribution < 1.29 is 9.34 Å². The van der Waals surface area contributed by atoms with E-state index in [1.54, 1.807) is 4.68 Å². The predicted octanol–water partition coefficient (Wildman–Crippen LogP) is 6.21. The highest BCUT2D eigenvalue weighted by atomic mass is 79.9. The Bertz CT molecular complexity index is 1350. The van der Waals surface area contributed by atoms with Crippen LogP contribution in [0.2, 0.25) is 0 Å². The monoisotopic (exact) mass is 496 g/mol. The van der Waals surface area contributed by atoms with E-state index in [9.17, 15) is 10.1 Å². The van der Waals surface area contributed by atoms with Crippen molar-refractivity contribution in [3.8, 4) is 11.3 Å². The summed E-state index contributed by atoms with van der Waals surface area (Å²) in [7, 11) is 0. The fourth-order valence-corrected chi connectivity index (χ4v) is 3.96. The standard InChI is InChI=1S/C22H17BrN4O3S/c1-14-3-8-18(11-15(14)2)25-22-26(24-12-19-9-10-21(30-19)27(28)29)20(13-31-22)16-4-6-17(23)7-5-16/h3-13H,1-2H3. The number of benzene rings is 2. The molecule has 0 amide bonds. The molecule has 0 aliphatic rings. The maximum Gasteiger partial charge on any atom is 0.433 e. The Balaban J connectivity index is 1.82. The van der Waals surface area contributed by atoms with Gasteiger partial charge in [0.2, 0.25) is 4.80 Å². The van der Waals surface area contributed by atoms with E-state index in [0.717, 1.165) is 27.0 Å². The molecule has 4 aromatic rings. The summed E-state index contributed by atoms with van der Waals surface area (Å²) >= 11 is 4.91. The van der Waals surface area contributed by atoms with Crippen LogP contribution in [-0.2, 0) is 0 Å². The SMILES string of the molecule is Cc1ccc(N=c2scc(-c3ccc(Br)cc3)n2N=Cc2ccc([N+](=O)[O-])o2)cc1C. The first kappa shape index (κ1) is 21.0. The number of rotatable bonds is 5. The van der Waals surface area contributed by atoms with Gasteiger partial charge in [0.05, 0.1) is 23.7 Å². The largest absolute Gasteiger partial charge is 0.433 e. The minimum absolute atomic E-state index is 0.282. The lowest BCUT2D eigenvalue weighted by molar-refractivity contribution is -0.402. The van der Waals surface area contributed by atoms with Gasteiger partial charge in [0, 0.05) is 15.4 Å². The summed E-state index contributed by atoms with van der Waals surface area (Å²) in [6.45, 7) is 4.11. The maximum atomic E-state index is 10.9. The number of aryl methyl sites for hydroxylation is 2. The first-order chi connectivity index (χ1) is 14.9. The van der Waals surface area contributed by atoms with Gasteiger partial charge in [-0.25, -0.2) is 9.67 Å². The lowest BCUT2D eigenvalue weighted by Crippen LogP contribution is -2.11. The molecule has 0 aliphatic carbocycles. The molecule has 0 saturated carbocycles. The van der Waals surface area contributed by atoms with Gasteiger partial charge in [0.1, 0.15) is 4.92 Å². The van der Waals surface area contributed by atoms with Gasteiger partial charge in [0.25, 0.3) is 0 Å². The molecule has 0 fully saturated rings. The topological polar surface area (TPSA) is 85.9 Å². The second-order valence-corrected chi connectivity index (χ2v) is 8.53. The molecule has 0 radical (unpaired) electrons. The van der Waals surface area contributed by atoms with Crippen LogP contribution < -0.4 is 4.80 Å². The molecule has 0 N–H and O–H groups in total. The first-order valence-electron chi connectivity index (χ1n) is 9.28. The molecule has 156 valence electrons. The molecule has 4 rings (SSSR count). The molecule has 9 heteroatoms. The third kappa shape index (κ3) is 4.73. The van der Waals surface area contributed by atoms with E-state index < -0.39 is 4.92 Å². The lowest BCUT2D eigenvalue weighted by atomic mass is 10.1. The Morgan fingerprint density at radius 3 is 2.55 bits per heavy atom. The number of aromatic nitrogens is 1. The van der Waals surface area contributed by atoms with Crippen molar-refractivity contribution in [3.05, 3.63) is 96.3 Å². The Morgan fingerprint density at radius 2 is 1.87 bits per heavy atom. The Labute approximate surface area is 190 Å². The van der Waals surface area contributed by atoms with Crippen LogP contribution in [-0.4, -0.2) is 15.8 Å². The van der Waals surface area contributed by atoms with Crippen molar-refractivity contribution in [3.63, 3.8) is 0 Å². The highest BCUT2D eigenvalue weighted by Crippen LogP contribution is 2.24. The molecule has 7 nitrogen and oxygen atoms in total. The zero-order chi connectivity index (χ0) is 22.0. The number of nitrogens with zero attached hydrogens (tertiary/aromatic N) is 4. The number of hydrogen-bond donors (Lipinski definition) is 0. The second kappa shape index (κ2) is 8.83. The second-order valence-electron chi connectivity index (χ2n) is 6.78. The van der Waals surface area contributed by atoms with Crippen molar-refractivity contribution in [1.82, 2.24) is 4.68 Å². The summed E-state index contributed by atoms with van der Waals surface area (Å²) < 4.78 is 7.88. The lowest BCUT2D eigenvalue weighted by Gasteiger charge is -2.04. The zero-order valence-corrected chi connectivity index (χ0v) is 19.1. The third-order valence-electron chi connectivity index (χ3n) is 4.63. The van der Waals surface area contributed by atoms with Crippen LogP contribution in [0.1, 0.15) is 16.9 Å². The molecule has 0 aliphatic heterocycles. The van der Waals surface area contributed by atoms with E-state index in [0.29, 0.717) is 4.80 Å². The highest BCUT2D eigenvalue weighted by Gasteiger charge is 2.12. The number of thiazole rings is 1. The summed E-state index contributed by atoms with van der Waals surface area (Å²) in [6.07, 6.45) is 1.45. The van der Waals surface area contributed by atoms with Crippen LogP contribution in [0.15, 0.2) is 79.0 Å². The normalized spacial score (nSPS) is 12.0. The molecule has 31 heavy (non-hydrogen) atoms. The van der Waals surface area contributed by atoms with E-state index in [4.69, 9.17) is 9.41 Å². The molecule has 2 aromatic carbocycles. The molecule has 0 bridgehead atoms. The van der Waals surface area contributed by atoms with Gasteiger partial charge >= 0.3 is 5.88 Å². The van der Waals surface area contributed by atoms with E-state index in [-0.39, 0.29) is 11.6 Å². The minimum atomic E-state index is -0.581. The summed E-state index contributed by atoms with van der Waals surface area (Å²) in [6, 6.07) is 16.7. The molecule has 0 saturated heterocycles. The van der Waals surface area contributed by atoms with Crippen LogP contribution in [0.25, 0.3) is 11.3 Å².